The van der Waals surface area contributed by atoms with Gasteiger partial charge in [-0.3, -0.25) is 9.59 Å². The highest BCUT2D eigenvalue weighted by Crippen LogP contribution is 2.37. The van der Waals surface area contributed by atoms with E-state index >= 15 is 0 Å². The standard InChI is InChI=1S/C19H21N3O3S/c23-16-15-14(7-4-10-20-16)21-18(26-15)22-17(24)19(8-11-25-12-9-19)13-5-2-1-3-6-13/h1-3,5-6H,4,7-12H2,(H,20,23)(H,21,22,24). The van der Waals surface area contributed by atoms with Crippen LogP contribution in [0, 0.1) is 0 Å². The SMILES string of the molecule is O=C1NCCCc2nc(NC(=O)C3(c4ccccc4)CCOCC3)sc21. The van der Waals surface area contributed by atoms with Gasteiger partial charge in [-0.05, 0) is 31.2 Å². The van der Waals surface area contributed by atoms with Crippen molar-refractivity contribution in [3.63, 3.8) is 0 Å². The van der Waals surface area contributed by atoms with E-state index in [-0.39, 0.29) is 11.8 Å². The average Bonchev–Trinajstić information content (AvgIpc) is 3.01. The first-order chi connectivity index (χ1) is 12.7. The van der Waals surface area contributed by atoms with Gasteiger partial charge in [-0.15, -0.1) is 0 Å². The van der Waals surface area contributed by atoms with Crippen molar-refractivity contribution in [3.05, 3.63) is 46.5 Å². The number of rotatable bonds is 3. The molecule has 2 amide bonds. The molecule has 1 saturated heterocycles. The fourth-order valence-electron chi connectivity index (χ4n) is 3.63. The minimum Gasteiger partial charge on any atom is -0.381 e. The Balaban J connectivity index is 1.62. The maximum atomic E-state index is 13.3. The Hall–Kier alpha value is -2.25. The molecule has 2 aromatic rings. The van der Waals surface area contributed by atoms with E-state index in [1.807, 2.05) is 30.3 Å². The number of carbonyl (C=O) groups excluding carboxylic acids is 2. The molecule has 0 unspecified atom stereocenters. The number of thiazole rings is 1. The van der Waals surface area contributed by atoms with Crippen LogP contribution in [0.3, 0.4) is 0 Å². The van der Waals surface area contributed by atoms with Crippen LogP contribution in [0.25, 0.3) is 0 Å². The summed E-state index contributed by atoms with van der Waals surface area (Å²) in [5, 5.41) is 6.35. The predicted molar refractivity (Wildman–Crippen MR) is 99.6 cm³/mol. The van der Waals surface area contributed by atoms with Crippen molar-refractivity contribution in [3.8, 4) is 0 Å². The number of anilines is 1. The third-order valence-electron chi connectivity index (χ3n) is 5.11. The van der Waals surface area contributed by atoms with Gasteiger partial charge in [0.15, 0.2) is 5.13 Å². The number of fused-ring (bicyclic) bond motifs is 1. The molecule has 3 heterocycles. The first-order valence-electron chi connectivity index (χ1n) is 8.92. The predicted octanol–water partition coefficient (Wildman–Crippen LogP) is 2.51. The molecule has 6 nitrogen and oxygen atoms in total. The van der Waals surface area contributed by atoms with Gasteiger partial charge in [0.25, 0.3) is 5.91 Å². The Bertz CT molecular complexity index is 813. The molecule has 0 saturated carbocycles. The van der Waals surface area contributed by atoms with Crippen LogP contribution < -0.4 is 10.6 Å². The van der Waals surface area contributed by atoms with E-state index < -0.39 is 5.41 Å². The number of nitrogens with one attached hydrogen (secondary N) is 2. The maximum absolute atomic E-state index is 13.3. The van der Waals surface area contributed by atoms with Gasteiger partial charge in [0.1, 0.15) is 4.88 Å². The minimum absolute atomic E-state index is 0.0729. The fraction of sp³-hybridized carbons (Fsp3) is 0.421. The smallest absolute Gasteiger partial charge is 0.263 e. The lowest BCUT2D eigenvalue weighted by Gasteiger charge is -2.35. The number of aryl methyl sites for hydroxylation is 1. The van der Waals surface area contributed by atoms with Crippen molar-refractivity contribution in [2.45, 2.75) is 31.1 Å². The summed E-state index contributed by atoms with van der Waals surface area (Å²) in [6.45, 7) is 1.78. The zero-order chi connectivity index (χ0) is 18.0. The van der Waals surface area contributed by atoms with Gasteiger partial charge >= 0.3 is 0 Å². The maximum Gasteiger partial charge on any atom is 0.263 e. The number of amides is 2. The van der Waals surface area contributed by atoms with E-state index in [0.29, 0.717) is 42.6 Å². The summed E-state index contributed by atoms with van der Waals surface area (Å²) in [6, 6.07) is 9.85. The van der Waals surface area contributed by atoms with Crippen molar-refractivity contribution >= 4 is 28.3 Å². The van der Waals surface area contributed by atoms with Crippen molar-refractivity contribution in [1.29, 1.82) is 0 Å². The molecule has 0 bridgehead atoms. The first-order valence-corrected chi connectivity index (χ1v) is 9.73. The molecule has 2 aliphatic rings. The topological polar surface area (TPSA) is 80.3 Å². The summed E-state index contributed by atoms with van der Waals surface area (Å²) in [7, 11) is 0. The van der Waals surface area contributed by atoms with Crippen LogP contribution in [0.4, 0.5) is 5.13 Å². The van der Waals surface area contributed by atoms with E-state index in [1.165, 1.54) is 11.3 Å². The third kappa shape index (κ3) is 3.12. The Morgan fingerprint density at radius 3 is 2.77 bits per heavy atom. The van der Waals surface area contributed by atoms with Gasteiger partial charge in [0.2, 0.25) is 5.91 Å². The van der Waals surface area contributed by atoms with Crippen LogP contribution in [0.5, 0.6) is 0 Å². The fourth-order valence-corrected chi connectivity index (χ4v) is 4.55. The lowest BCUT2D eigenvalue weighted by atomic mass is 9.73. The van der Waals surface area contributed by atoms with E-state index in [1.54, 1.807) is 0 Å². The summed E-state index contributed by atoms with van der Waals surface area (Å²) < 4.78 is 5.49. The van der Waals surface area contributed by atoms with E-state index in [2.05, 4.69) is 15.6 Å². The zero-order valence-electron chi connectivity index (χ0n) is 14.4. The lowest BCUT2D eigenvalue weighted by Crippen LogP contribution is -2.44. The minimum atomic E-state index is -0.620. The second-order valence-electron chi connectivity index (χ2n) is 6.67. The molecule has 0 radical (unpaired) electrons. The molecule has 136 valence electrons. The van der Waals surface area contributed by atoms with Crippen molar-refractivity contribution < 1.29 is 14.3 Å². The number of hydrogen-bond acceptors (Lipinski definition) is 5. The molecule has 0 atom stereocenters. The van der Waals surface area contributed by atoms with Crippen molar-refractivity contribution in [2.24, 2.45) is 0 Å². The number of nitrogens with zero attached hydrogens (tertiary/aromatic N) is 1. The van der Waals surface area contributed by atoms with Crippen molar-refractivity contribution in [1.82, 2.24) is 10.3 Å². The molecule has 4 rings (SSSR count). The van der Waals surface area contributed by atoms with E-state index in [0.717, 1.165) is 24.1 Å². The monoisotopic (exact) mass is 371 g/mol. The van der Waals surface area contributed by atoms with Crippen LogP contribution in [0.2, 0.25) is 0 Å². The Labute approximate surface area is 156 Å². The molecular formula is C19H21N3O3S. The average molecular weight is 371 g/mol. The quantitative estimate of drug-likeness (QED) is 0.869. The number of benzene rings is 1. The highest BCUT2D eigenvalue weighted by molar-refractivity contribution is 7.17. The molecule has 1 aromatic carbocycles. The molecule has 26 heavy (non-hydrogen) atoms. The van der Waals surface area contributed by atoms with Crippen LogP contribution >= 0.6 is 11.3 Å². The molecular weight excluding hydrogens is 350 g/mol. The van der Waals surface area contributed by atoms with Gasteiger partial charge in [0, 0.05) is 19.8 Å². The third-order valence-corrected chi connectivity index (χ3v) is 6.12. The van der Waals surface area contributed by atoms with Crippen LogP contribution in [0.15, 0.2) is 30.3 Å². The van der Waals surface area contributed by atoms with E-state index in [9.17, 15) is 9.59 Å². The van der Waals surface area contributed by atoms with Crippen LogP contribution in [0.1, 0.15) is 40.2 Å². The second kappa shape index (κ2) is 7.17. The molecule has 1 fully saturated rings. The van der Waals surface area contributed by atoms with Crippen molar-refractivity contribution in [2.75, 3.05) is 25.1 Å². The second-order valence-corrected chi connectivity index (χ2v) is 7.67. The highest BCUT2D eigenvalue weighted by Gasteiger charge is 2.42. The summed E-state index contributed by atoms with van der Waals surface area (Å²) in [4.78, 5) is 30.5. The largest absolute Gasteiger partial charge is 0.381 e. The van der Waals surface area contributed by atoms with Gasteiger partial charge < -0.3 is 15.4 Å². The summed E-state index contributed by atoms with van der Waals surface area (Å²) in [6.07, 6.45) is 2.88. The molecule has 7 heteroatoms. The van der Waals surface area contributed by atoms with Gasteiger partial charge in [-0.25, -0.2) is 4.98 Å². The Kier molecular flexibility index (Phi) is 4.74. The molecule has 0 spiro atoms. The normalized spacial score (nSPS) is 19.2. The zero-order valence-corrected chi connectivity index (χ0v) is 15.2. The van der Waals surface area contributed by atoms with Crippen LogP contribution in [-0.4, -0.2) is 36.6 Å². The Morgan fingerprint density at radius 2 is 2.00 bits per heavy atom. The molecule has 0 aliphatic carbocycles. The lowest BCUT2D eigenvalue weighted by molar-refractivity contribution is -0.125. The van der Waals surface area contributed by atoms with Gasteiger partial charge in [-0.1, -0.05) is 41.7 Å². The number of aromatic nitrogens is 1. The summed E-state index contributed by atoms with van der Waals surface area (Å²) in [5.41, 5.74) is 1.16. The van der Waals surface area contributed by atoms with Gasteiger partial charge in [0.05, 0.1) is 11.1 Å². The number of hydrogen-bond donors (Lipinski definition) is 2. The Morgan fingerprint density at radius 1 is 1.23 bits per heavy atom. The molecule has 2 N–H and O–H groups in total. The molecule has 2 aliphatic heterocycles. The number of ether oxygens (including phenoxy) is 1. The van der Waals surface area contributed by atoms with E-state index in [4.69, 9.17) is 4.74 Å². The van der Waals surface area contributed by atoms with Gasteiger partial charge in [-0.2, -0.15) is 0 Å². The highest BCUT2D eigenvalue weighted by atomic mass is 32.1. The molecule has 1 aromatic heterocycles. The number of carbonyl (C=O) groups is 2. The van der Waals surface area contributed by atoms with Crippen LogP contribution in [-0.2, 0) is 21.4 Å². The summed E-state index contributed by atoms with van der Waals surface area (Å²) in [5.74, 6) is -0.171. The first kappa shape index (κ1) is 17.2. The summed E-state index contributed by atoms with van der Waals surface area (Å²) >= 11 is 1.26.